The Bertz CT molecular complexity index is 301. The molecular weight excluding hydrogens is 164 g/mol. The SMILES string of the molecule is CC(C)(C)Cc1cc(N)c(N)nn1. The van der Waals surface area contributed by atoms with Crippen molar-refractivity contribution in [2.24, 2.45) is 5.41 Å². The number of rotatable bonds is 1. The van der Waals surface area contributed by atoms with Gasteiger partial charge in [0.1, 0.15) is 0 Å². The third-order valence-electron chi connectivity index (χ3n) is 1.62. The predicted molar refractivity (Wildman–Crippen MR) is 54.0 cm³/mol. The van der Waals surface area contributed by atoms with Crippen molar-refractivity contribution < 1.29 is 0 Å². The fourth-order valence-corrected chi connectivity index (χ4v) is 1.09. The third-order valence-corrected chi connectivity index (χ3v) is 1.62. The zero-order valence-corrected chi connectivity index (χ0v) is 8.33. The molecule has 1 aromatic heterocycles. The second-order valence-corrected chi connectivity index (χ2v) is 4.41. The molecule has 1 heterocycles. The van der Waals surface area contributed by atoms with Crippen LogP contribution in [0.2, 0.25) is 0 Å². The maximum atomic E-state index is 5.61. The largest absolute Gasteiger partial charge is 0.396 e. The highest BCUT2D eigenvalue weighted by atomic mass is 15.1. The van der Waals surface area contributed by atoms with Gasteiger partial charge in [-0.15, -0.1) is 5.10 Å². The Balaban J connectivity index is 2.86. The Labute approximate surface area is 78.3 Å². The van der Waals surface area contributed by atoms with Crippen LogP contribution < -0.4 is 11.5 Å². The van der Waals surface area contributed by atoms with Crippen molar-refractivity contribution in [1.29, 1.82) is 0 Å². The lowest BCUT2D eigenvalue weighted by Gasteiger charge is -2.16. The summed E-state index contributed by atoms with van der Waals surface area (Å²) in [5.41, 5.74) is 12.7. The normalized spacial score (nSPS) is 11.6. The molecule has 0 spiro atoms. The van der Waals surface area contributed by atoms with Gasteiger partial charge in [-0.2, -0.15) is 5.10 Å². The number of hydrogen-bond acceptors (Lipinski definition) is 4. The molecule has 1 rings (SSSR count). The summed E-state index contributed by atoms with van der Waals surface area (Å²) in [6.45, 7) is 6.42. The summed E-state index contributed by atoms with van der Waals surface area (Å²) in [4.78, 5) is 0. The average Bonchev–Trinajstić information content (AvgIpc) is 1.94. The van der Waals surface area contributed by atoms with Crippen LogP contribution in [0, 0.1) is 5.41 Å². The van der Waals surface area contributed by atoms with Gasteiger partial charge in [-0.1, -0.05) is 20.8 Å². The summed E-state index contributed by atoms with van der Waals surface area (Å²) in [5, 5.41) is 7.74. The van der Waals surface area contributed by atoms with Gasteiger partial charge in [-0.3, -0.25) is 0 Å². The van der Waals surface area contributed by atoms with Gasteiger partial charge in [0.2, 0.25) is 0 Å². The van der Waals surface area contributed by atoms with Crippen LogP contribution in [-0.4, -0.2) is 10.2 Å². The number of nitrogens with two attached hydrogens (primary N) is 2. The van der Waals surface area contributed by atoms with Crippen molar-refractivity contribution in [2.75, 3.05) is 11.5 Å². The molecule has 4 N–H and O–H groups in total. The van der Waals surface area contributed by atoms with E-state index in [-0.39, 0.29) is 5.41 Å². The molecule has 4 nitrogen and oxygen atoms in total. The van der Waals surface area contributed by atoms with E-state index < -0.39 is 0 Å². The van der Waals surface area contributed by atoms with Crippen molar-refractivity contribution in [1.82, 2.24) is 10.2 Å². The van der Waals surface area contributed by atoms with E-state index in [1.54, 1.807) is 6.07 Å². The topological polar surface area (TPSA) is 77.8 Å². The molecule has 0 saturated heterocycles. The van der Waals surface area contributed by atoms with Gasteiger partial charge >= 0.3 is 0 Å². The molecule has 4 heteroatoms. The molecule has 0 fully saturated rings. The minimum atomic E-state index is 0.192. The monoisotopic (exact) mass is 180 g/mol. The molecule has 0 radical (unpaired) electrons. The second kappa shape index (κ2) is 3.20. The number of hydrogen-bond donors (Lipinski definition) is 2. The molecule has 0 aromatic carbocycles. The summed E-state index contributed by atoms with van der Waals surface area (Å²) in [7, 11) is 0. The van der Waals surface area contributed by atoms with E-state index in [1.165, 1.54) is 0 Å². The first kappa shape index (κ1) is 9.77. The van der Waals surface area contributed by atoms with Crippen LogP contribution in [0.4, 0.5) is 11.5 Å². The van der Waals surface area contributed by atoms with Crippen LogP contribution in [0.5, 0.6) is 0 Å². The van der Waals surface area contributed by atoms with Crippen LogP contribution in [0.1, 0.15) is 26.5 Å². The Morgan fingerprint density at radius 3 is 2.31 bits per heavy atom. The fraction of sp³-hybridized carbons (Fsp3) is 0.556. The maximum Gasteiger partial charge on any atom is 0.169 e. The van der Waals surface area contributed by atoms with Crippen LogP contribution in [0.25, 0.3) is 0 Å². The van der Waals surface area contributed by atoms with E-state index in [9.17, 15) is 0 Å². The quantitative estimate of drug-likeness (QED) is 0.681. The van der Waals surface area contributed by atoms with Gasteiger partial charge in [-0.25, -0.2) is 0 Å². The minimum Gasteiger partial charge on any atom is -0.396 e. The van der Waals surface area contributed by atoms with Crippen LogP contribution in [0.15, 0.2) is 6.07 Å². The molecule has 0 amide bonds. The van der Waals surface area contributed by atoms with Crippen molar-refractivity contribution in [3.8, 4) is 0 Å². The Morgan fingerprint density at radius 2 is 1.85 bits per heavy atom. The molecule has 0 aliphatic heterocycles. The summed E-state index contributed by atoms with van der Waals surface area (Å²) in [6, 6.07) is 1.79. The van der Waals surface area contributed by atoms with Gasteiger partial charge in [0.25, 0.3) is 0 Å². The van der Waals surface area contributed by atoms with E-state index in [2.05, 4.69) is 31.0 Å². The average molecular weight is 180 g/mol. The lowest BCUT2D eigenvalue weighted by molar-refractivity contribution is 0.404. The summed E-state index contributed by atoms with van der Waals surface area (Å²) < 4.78 is 0. The summed E-state index contributed by atoms with van der Waals surface area (Å²) in [5.74, 6) is 0.303. The van der Waals surface area contributed by atoms with Crippen molar-refractivity contribution in [2.45, 2.75) is 27.2 Å². The van der Waals surface area contributed by atoms with Crippen molar-refractivity contribution in [3.05, 3.63) is 11.8 Å². The van der Waals surface area contributed by atoms with Crippen LogP contribution in [0.3, 0.4) is 0 Å². The third kappa shape index (κ3) is 2.89. The first-order chi connectivity index (χ1) is 5.88. The molecule has 0 unspecified atom stereocenters. The van der Waals surface area contributed by atoms with Gasteiger partial charge in [-0.05, 0) is 17.9 Å². The van der Waals surface area contributed by atoms with E-state index in [4.69, 9.17) is 11.5 Å². The fourth-order valence-electron chi connectivity index (χ4n) is 1.09. The van der Waals surface area contributed by atoms with Gasteiger partial charge in [0.15, 0.2) is 5.82 Å². The number of aromatic nitrogens is 2. The maximum absolute atomic E-state index is 5.61. The molecule has 0 aliphatic carbocycles. The highest BCUT2D eigenvalue weighted by Crippen LogP contribution is 2.20. The van der Waals surface area contributed by atoms with E-state index in [0.29, 0.717) is 11.5 Å². The predicted octanol–water partition coefficient (Wildman–Crippen LogP) is 1.23. The van der Waals surface area contributed by atoms with E-state index in [0.717, 1.165) is 12.1 Å². The Hall–Kier alpha value is -1.32. The zero-order chi connectivity index (χ0) is 10.1. The highest BCUT2D eigenvalue weighted by molar-refractivity contribution is 5.57. The summed E-state index contributed by atoms with van der Waals surface area (Å²) >= 11 is 0. The molecule has 0 saturated carbocycles. The van der Waals surface area contributed by atoms with Gasteiger partial charge in [0, 0.05) is 0 Å². The minimum absolute atomic E-state index is 0.192. The molecule has 72 valence electrons. The molecule has 0 bridgehead atoms. The molecule has 0 atom stereocenters. The Morgan fingerprint density at radius 1 is 1.23 bits per heavy atom. The van der Waals surface area contributed by atoms with Crippen LogP contribution in [-0.2, 0) is 6.42 Å². The van der Waals surface area contributed by atoms with Crippen molar-refractivity contribution >= 4 is 11.5 Å². The lowest BCUT2D eigenvalue weighted by atomic mass is 9.90. The first-order valence-corrected chi connectivity index (χ1v) is 4.26. The first-order valence-electron chi connectivity index (χ1n) is 4.26. The molecule has 0 aliphatic rings. The zero-order valence-electron chi connectivity index (χ0n) is 8.33. The molecular formula is C9H16N4. The van der Waals surface area contributed by atoms with Crippen LogP contribution >= 0.6 is 0 Å². The van der Waals surface area contributed by atoms with Crippen molar-refractivity contribution in [3.63, 3.8) is 0 Å². The van der Waals surface area contributed by atoms with E-state index >= 15 is 0 Å². The highest BCUT2D eigenvalue weighted by Gasteiger charge is 2.13. The summed E-state index contributed by atoms with van der Waals surface area (Å²) in [6.07, 6.45) is 0.852. The second-order valence-electron chi connectivity index (χ2n) is 4.41. The number of anilines is 2. The number of nitrogen functional groups attached to an aromatic ring is 2. The standard InChI is InChI=1S/C9H16N4/c1-9(2,3)5-6-4-7(10)8(11)13-12-6/h4H,5H2,1-3H3,(H2,10,12)(H2,11,13). The smallest absolute Gasteiger partial charge is 0.169 e. The molecule has 13 heavy (non-hydrogen) atoms. The molecule has 1 aromatic rings. The van der Waals surface area contributed by atoms with Gasteiger partial charge in [0.05, 0.1) is 11.4 Å². The lowest BCUT2D eigenvalue weighted by Crippen LogP contribution is -2.12. The van der Waals surface area contributed by atoms with Gasteiger partial charge < -0.3 is 11.5 Å². The number of nitrogens with zero attached hydrogens (tertiary/aromatic N) is 2. The van der Waals surface area contributed by atoms with E-state index in [1.807, 2.05) is 0 Å². The Kier molecular flexibility index (Phi) is 2.40.